The first-order valence-electron chi connectivity index (χ1n) is 7.86. The fourth-order valence-electron chi connectivity index (χ4n) is 2.82. The highest BCUT2D eigenvalue weighted by Gasteiger charge is 2.29. The zero-order valence-corrected chi connectivity index (χ0v) is 12.8. The molecule has 1 amide bonds. The van der Waals surface area contributed by atoms with Crippen LogP contribution < -0.4 is 11.1 Å². The summed E-state index contributed by atoms with van der Waals surface area (Å²) in [5.74, 6) is 0.165. The predicted octanol–water partition coefficient (Wildman–Crippen LogP) is 1.88. The van der Waals surface area contributed by atoms with Crippen molar-refractivity contribution in [3.63, 3.8) is 0 Å². The van der Waals surface area contributed by atoms with Gasteiger partial charge in [-0.15, -0.1) is 0 Å². The van der Waals surface area contributed by atoms with E-state index < -0.39 is 0 Å². The summed E-state index contributed by atoms with van der Waals surface area (Å²) in [6, 6.07) is 0.794. The highest BCUT2D eigenvalue weighted by atomic mass is 16.2. The van der Waals surface area contributed by atoms with Crippen molar-refractivity contribution in [2.45, 2.75) is 77.4 Å². The SMILES string of the molecule is CCC(C)NC(=O)C(C)N(CCCN)C1CCCC1. The van der Waals surface area contributed by atoms with Crippen LogP contribution in [0, 0.1) is 0 Å². The summed E-state index contributed by atoms with van der Waals surface area (Å²) >= 11 is 0. The van der Waals surface area contributed by atoms with E-state index in [1.54, 1.807) is 0 Å². The first kappa shape index (κ1) is 16.4. The molecule has 4 heteroatoms. The van der Waals surface area contributed by atoms with Crippen molar-refractivity contribution in [2.24, 2.45) is 5.73 Å². The van der Waals surface area contributed by atoms with Gasteiger partial charge in [-0.2, -0.15) is 0 Å². The average Bonchev–Trinajstić information content (AvgIpc) is 2.92. The third kappa shape index (κ3) is 5.11. The number of hydrogen-bond acceptors (Lipinski definition) is 3. The van der Waals surface area contributed by atoms with Crippen LogP contribution in [0.15, 0.2) is 0 Å². The number of nitrogens with two attached hydrogens (primary N) is 1. The molecule has 0 radical (unpaired) electrons. The second kappa shape index (κ2) is 8.54. The molecule has 0 aromatic heterocycles. The van der Waals surface area contributed by atoms with Crippen molar-refractivity contribution >= 4 is 5.91 Å². The summed E-state index contributed by atoms with van der Waals surface area (Å²) in [7, 11) is 0. The largest absolute Gasteiger partial charge is 0.352 e. The molecule has 0 bridgehead atoms. The molecule has 0 spiro atoms. The van der Waals surface area contributed by atoms with Gasteiger partial charge < -0.3 is 11.1 Å². The monoisotopic (exact) mass is 269 g/mol. The molecule has 0 saturated heterocycles. The maximum Gasteiger partial charge on any atom is 0.237 e. The Morgan fingerprint density at radius 3 is 2.53 bits per heavy atom. The second-order valence-corrected chi connectivity index (χ2v) is 5.81. The number of nitrogens with one attached hydrogen (secondary N) is 1. The van der Waals surface area contributed by atoms with Crippen LogP contribution in [0.3, 0.4) is 0 Å². The first-order valence-corrected chi connectivity index (χ1v) is 7.86. The van der Waals surface area contributed by atoms with Crippen molar-refractivity contribution in [1.82, 2.24) is 10.2 Å². The molecular weight excluding hydrogens is 238 g/mol. The van der Waals surface area contributed by atoms with Crippen molar-refractivity contribution < 1.29 is 4.79 Å². The Kier molecular flexibility index (Phi) is 7.39. The topological polar surface area (TPSA) is 58.4 Å². The molecule has 0 aliphatic heterocycles. The van der Waals surface area contributed by atoms with E-state index in [0.717, 1.165) is 19.4 Å². The van der Waals surface area contributed by atoms with E-state index in [1.807, 2.05) is 6.92 Å². The number of carbonyl (C=O) groups excluding carboxylic acids is 1. The molecule has 4 nitrogen and oxygen atoms in total. The lowest BCUT2D eigenvalue weighted by atomic mass is 10.1. The number of nitrogens with zero attached hydrogens (tertiary/aromatic N) is 1. The van der Waals surface area contributed by atoms with E-state index in [9.17, 15) is 4.79 Å². The Balaban J connectivity index is 2.58. The standard InChI is InChI=1S/C15H31N3O/c1-4-12(2)17-15(19)13(3)18(11-7-10-16)14-8-5-6-9-14/h12-14H,4-11,16H2,1-3H3,(H,17,19). The molecule has 19 heavy (non-hydrogen) atoms. The highest BCUT2D eigenvalue weighted by molar-refractivity contribution is 5.81. The van der Waals surface area contributed by atoms with Crippen LogP contribution in [0.25, 0.3) is 0 Å². The molecular formula is C15H31N3O. The lowest BCUT2D eigenvalue weighted by Gasteiger charge is -2.34. The molecule has 0 heterocycles. The molecule has 0 aromatic carbocycles. The third-order valence-electron chi connectivity index (χ3n) is 4.29. The van der Waals surface area contributed by atoms with Crippen LogP contribution in [-0.2, 0) is 4.79 Å². The summed E-state index contributed by atoms with van der Waals surface area (Å²) in [6.45, 7) is 7.83. The van der Waals surface area contributed by atoms with Gasteiger partial charge in [-0.1, -0.05) is 19.8 Å². The van der Waals surface area contributed by atoms with E-state index >= 15 is 0 Å². The van der Waals surface area contributed by atoms with Gasteiger partial charge >= 0.3 is 0 Å². The number of amides is 1. The van der Waals surface area contributed by atoms with Crippen LogP contribution in [0.4, 0.5) is 0 Å². The Hall–Kier alpha value is -0.610. The van der Waals surface area contributed by atoms with E-state index in [-0.39, 0.29) is 18.0 Å². The lowest BCUT2D eigenvalue weighted by molar-refractivity contribution is -0.127. The molecule has 112 valence electrons. The zero-order chi connectivity index (χ0) is 14.3. The van der Waals surface area contributed by atoms with Gasteiger partial charge in [-0.05, 0) is 46.1 Å². The quantitative estimate of drug-likeness (QED) is 0.707. The van der Waals surface area contributed by atoms with E-state index in [0.29, 0.717) is 12.6 Å². The Labute approximate surface area is 118 Å². The smallest absolute Gasteiger partial charge is 0.237 e. The van der Waals surface area contributed by atoms with Gasteiger partial charge in [-0.25, -0.2) is 0 Å². The second-order valence-electron chi connectivity index (χ2n) is 5.81. The fraction of sp³-hybridized carbons (Fsp3) is 0.933. The molecule has 1 rings (SSSR count). The van der Waals surface area contributed by atoms with Crippen molar-refractivity contribution in [3.05, 3.63) is 0 Å². The molecule has 1 saturated carbocycles. The molecule has 1 aliphatic carbocycles. The van der Waals surface area contributed by atoms with Crippen LogP contribution in [0.5, 0.6) is 0 Å². The lowest BCUT2D eigenvalue weighted by Crippen LogP contribution is -2.51. The normalized spacial score (nSPS) is 19.6. The summed E-state index contributed by atoms with van der Waals surface area (Å²) in [5, 5.41) is 3.10. The van der Waals surface area contributed by atoms with Gasteiger partial charge in [0.05, 0.1) is 6.04 Å². The molecule has 1 fully saturated rings. The third-order valence-corrected chi connectivity index (χ3v) is 4.29. The van der Waals surface area contributed by atoms with E-state index in [1.165, 1.54) is 25.7 Å². The molecule has 2 unspecified atom stereocenters. The van der Waals surface area contributed by atoms with Crippen molar-refractivity contribution in [1.29, 1.82) is 0 Å². The fourth-order valence-corrected chi connectivity index (χ4v) is 2.82. The van der Waals surface area contributed by atoms with E-state index in [2.05, 4.69) is 24.1 Å². The Morgan fingerprint density at radius 1 is 1.37 bits per heavy atom. The summed E-state index contributed by atoms with van der Waals surface area (Å²) in [4.78, 5) is 14.7. The van der Waals surface area contributed by atoms with Gasteiger partial charge in [0.25, 0.3) is 0 Å². The number of carbonyl (C=O) groups is 1. The van der Waals surface area contributed by atoms with Crippen molar-refractivity contribution in [3.8, 4) is 0 Å². The molecule has 3 N–H and O–H groups in total. The van der Waals surface area contributed by atoms with Crippen LogP contribution >= 0.6 is 0 Å². The van der Waals surface area contributed by atoms with Crippen LogP contribution in [-0.4, -0.2) is 42.0 Å². The maximum atomic E-state index is 12.3. The summed E-state index contributed by atoms with van der Waals surface area (Å²) in [5.41, 5.74) is 5.63. The van der Waals surface area contributed by atoms with E-state index in [4.69, 9.17) is 5.73 Å². The highest BCUT2D eigenvalue weighted by Crippen LogP contribution is 2.25. The summed E-state index contributed by atoms with van der Waals surface area (Å²) in [6.07, 6.45) is 6.99. The Bertz CT molecular complexity index is 264. The first-order chi connectivity index (χ1) is 9.10. The summed E-state index contributed by atoms with van der Waals surface area (Å²) < 4.78 is 0. The van der Waals surface area contributed by atoms with Gasteiger partial charge in [0, 0.05) is 18.6 Å². The average molecular weight is 269 g/mol. The maximum absolute atomic E-state index is 12.3. The minimum atomic E-state index is -0.0383. The minimum Gasteiger partial charge on any atom is -0.352 e. The number of rotatable bonds is 8. The van der Waals surface area contributed by atoms with Gasteiger partial charge in [0.2, 0.25) is 5.91 Å². The molecule has 1 aliphatic rings. The Morgan fingerprint density at radius 2 is 2.00 bits per heavy atom. The zero-order valence-electron chi connectivity index (χ0n) is 12.8. The van der Waals surface area contributed by atoms with Crippen LogP contribution in [0.1, 0.15) is 59.3 Å². The molecule has 2 atom stereocenters. The van der Waals surface area contributed by atoms with Gasteiger partial charge in [0.15, 0.2) is 0 Å². The predicted molar refractivity (Wildman–Crippen MR) is 80.0 cm³/mol. The van der Waals surface area contributed by atoms with Gasteiger partial charge in [-0.3, -0.25) is 9.69 Å². The van der Waals surface area contributed by atoms with Gasteiger partial charge in [0.1, 0.15) is 0 Å². The minimum absolute atomic E-state index is 0.0383. The van der Waals surface area contributed by atoms with Crippen molar-refractivity contribution in [2.75, 3.05) is 13.1 Å². The number of hydrogen-bond donors (Lipinski definition) is 2. The molecule has 0 aromatic rings. The van der Waals surface area contributed by atoms with Crippen LogP contribution in [0.2, 0.25) is 0 Å².